The van der Waals surface area contributed by atoms with Crippen molar-refractivity contribution >= 4 is 0 Å². The summed E-state index contributed by atoms with van der Waals surface area (Å²) in [6.45, 7) is 11.3. The predicted octanol–water partition coefficient (Wildman–Crippen LogP) is 3.97. The average Bonchev–Trinajstić information content (AvgIpc) is 2.50. The predicted molar refractivity (Wildman–Crippen MR) is 89.1 cm³/mol. The van der Waals surface area contributed by atoms with E-state index in [4.69, 9.17) is 4.74 Å². The molecule has 0 aliphatic rings. The molecule has 1 N–H and O–H groups in total. The summed E-state index contributed by atoms with van der Waals surface area (Å²) in [5, 5.41) is 10.6. The summed E-state index contributed by atoms with van der Waals surface area (Å²) in [6.07, 6.45) is 1.85. The number of likely N-dealkylation sites (N-methyl/N-ethyl adjacent to an activating group) is 1. The van der Waals surface area contributed by atoms with Gasteiger partial charge >= 0.3 is 0 Å². The molecule has 0 spiro atoms. The Morgan fingerprint density at radius 2 is 1.95 bits per heavy atom. The van der Waals surface area contributed by atoms with Crippen molar-refractivity contribution in [2.45, 2.75) is 52.6 Å². The number of benzene rings is 1. The molecule has 0 radical (unpaired) electrons. The van der Waals surface area contributed by atoms with Gasteiger partial charge in [0.25, 0.3) is 0 Å². The van der Waals surface area contributed by atoms with Crippen molar-refractivity contribution in [1.29, 1.82) is 0 Å². The van der Waals surface area contributed by atoms with E-state index in [-0.39, 0.29) is 0 Å². The Morgan fingerprint density at radius 3 is 2.48 bits per heavy atom. The first-order valence-corrected chi connectivity index (χ1v) is 8.11. The highest BCUT2D eigenvalue weighted by molar-refractivity contribution is 5.40. The van der Waals surface area contributed by atoms with Crippen molar-refractivity contribution in [3.63, 3.8) is 0 Å². The quantitative estimate of drug-likeness (QED) is 0.747. The van der Waals surface area contributed by atoms with Crippen molar-refractivity contribution < 1.29 is 9.84 Å². The second-order valence-electron chi connectivity index (χ2n) is 5.92. The maximum absolute atomic E-state index is 10.6. The number of hydrogen-bond acceptors (Lipinski definition) is 3. The Bertz CT molecular complexity index is 418. The van der Waals surface area contributed by atoms with Crippen LogP contribution >= 0.6 is 0 Å². The molecule has 21 heavy (non-hydrogen) atoms. The molecule has 120 valence electrons. The third-order valence-electron chi connectivity index (χ3n) is 3.99. The van der Waals surface area contributed by atoms with Crippen LogP contribution in [-0.4, -0.2) is 36.8 Å². The molecule has 1 aromatic rings. The molecule has 1 rings (SSSR count). The lowest BCUT2D eigenvalue weighted by molar-refractivity contribution is 0.112. The van der Waals surface area contributed by atoms with Crippen LogP contribution in [0.15, 0.2) is 18.2 Å². The summed E-state index contributed by atoms with van der Waals surface area (Å²) in [5.41, 5.74) is 2.14. The van der Waals surface area contributed by atoms with Gasteiger partial charge in [-0.25, -0.2) is 0 Å². The lowest BCUT2D eigenvalue weighted by Crippen LogP contribution is -2.29. The largest absolute Gasteiger partial charge is 0.496 e. The Kier molecular flexibility index (Phi) is 7.76. The van der Waals surface area contributed by atoms with Crippen LogP contribution < -0.4 is 4.74 Å². The molecule has 0 saturated carbocycles. The zero-order chi connectivity index (χ0) is 15.8. The first-order valence-electron chi connectivity index (χ1n) is 8.11. The van der Waals surface area contributed by atoms with Crippen LogP contribution in [0.25, 0.3) is 0 Å². The molecule has 0 aliphatic carbocycles. The second kappa shape index (κ2) is 9.06. The average molecular weight is 293 g/mol. The minimum Gasteiger partial charge on any atom is -0.496 e. The SMILES string of the molecule is CCCCN(CC)CC(O)c1cc(C(C)C)ccc1OC. The minimum absolute atomic E-state index is 0.448. The fourth-order valence-corrected chi connectivity index (χ4v) is 2.48. The highest BCUT2D eigenvalue weighted by Crippen LogP contribution is 2.29. The lowest BCUT2D eigenvalue weighted by Gasteiger charge is -2.25. The monoisotopic (exact) mass is 293 g/mol. The number of hydrogen-bond donors (Lipinski definition) is 1. The molecular formula is C18H31NO2. The van der Waals surface area contributed by atoms with Crippen molar-refractivity contribution in [3.05, 3.63) is 29.3 Å². The van der Waals surface area contributed by atoms with Crippen molar-refractivity contribution in [1.82, 2.24) is 4.90 Å². The molecule has 3 heteroatoms. The van der Waals surface area contributed by atoms with Crippen molar-refractivity contribution in [2.75, 3.05) is 26.7 Å². The first kappa shape index (κ1) is 18.0. The molecule has 1 aromatic carbocycles. The zero-order valence-corrected chi connectivity index (χ0v) is 14.2. The van der Waals surface area contributed by atoms with Gasteiger partial charge in [0.1, 0.15) is 5.75 Å². The third-order valence-corrected chi connectivity index (χ3v) is 3.99. The highest BCUT2D eigenvalue weighted by atomic mass is 16.5. The Hall–Kier alpha value is -1.06. The Morgan fingerprint density at radius 1 is 1.24 bits per heavy atom. The molecule has 1 atom stereocenters. The molecule has 1 unspecified atom stereocenters. The number of unbranched alkanes of at least 4 members (excludes halogenated alkanes) is 1. The summed E-state index contributed by atoms with van der Waals surface area (Å²) in [5.74, 6) is 1.22. The van der Waals surface area contributed by atoms with E-state index in [2.05, 4.69) is 44.7 Å². The molecule has 0 saturated heterocycles. The summed E-state index contributed by atoms with van der Waals surface area (Å²) in [4.78, 5) is 2.30. The molecule has 3 nitrogen and oxygen atoms in total. The molecule has 0 bridgehead atoms. The topological polar surface area (TPSA) is 32.7 Å². The third kappa shape index (κ3) is 5.33. The summed E-state index contributed by atoms with van der Waals surface area (Å²) in [6, 6.07) is 6.13. The van der Waals surface area contributed by atoms with Gasteiger partial charge in [-0.1, -0.05) is 40.2 Å². The summed E-state index contributed by atoms with van der Waals surface area (Å²) < 4.78 is 5.42. The van der Waals surface area contributed by atoms with Crippen LogP contribution in [-0.2, 0) is 0 Å². The maximum atomic E-state index is 10.6. The fourth-order valence-electron chi connectivity index (χ4n) is 2.48. The van der Waals surface area contributed by atoms with Gasteiger partial charge in [0.2, 0.25) is 0 Å². The van der Waals surface area contributed by atoms with E-state index in [1.54, 1.807) is 7.11 Å². The van der Waals surface area contributed by atoms with Gasteiger partial charge in [-0.15, -0.1) is 0 Å². The van der Waals surface area contributed by atoms with Gasteiger partial charge in [0.05, 0.1) is 13.2 Å². The van der Waals surface area contributed by atoms with E-state index in [1.165, 1.54) is 18.4 Å². The number of aliphatic hydroxyl groups is 1. The van der Waals surface area contributed by atoms with Crippen molar-refractivity contribution in [2.24, 2.45) is 0 Å². The van der Waals surface area contributed by atoms with Gasteiger partial charge in [0.15, 0.2) is 0 Å². The van der Waals surface area contributed by atoms with Crippen molar-refractivity contribution in [3.8, 4) is 5.75 Å². The van der Waals surface area contributed by atoms with Gasteiger partial charge in [-0.2, -0.15) is 0 Å². The Labute approximate surface area is 129 Å². The zero-order valence-electron chi connectivity index (χ0n) is 14.2. The molecule has 0 fully saturated rings. The van der Waals surface area contributed by atoms with Gasteiger partial charge in [0, 0.05) is 12.1 Å². The van der Waals surface area contributed by atoms with Crippen LogP contribution in [0.1, 0.15) is 63.7 Å². The summed E-state index contributed by atoms with van der Waals surface area (Å²) in [7, 11) is 1.66. The van der Waals surface area contributed by atoms with Gasteiger partial charge in [-0.3, -0.25) is 0 Å². The van der Waals surface area contributed by atoms with Crippen LogP contribution in [0.3, 0.4) is 0 Å². The number of aliphatic hydroxyl groups excluding tert-OH is 1. The van der Waals surface area contributed by atoms with E-state index in [0.717, 1.165) is 24.4 Å². The molecule has 0 heterocycles. The van der Waals surface area contributed by atoms with Crippen LogP contribution in [0.2, 0.25) is 0 Å². The summed E-state index contributed by atoms with van der Waals surface area (Å²) >= 11 is 0. The minimum atomic E-state index is -0.504. The molecule has 0 aliphatic heterocycles. The smallest absolute Gasteiger partial charge is 0.124 e. The van der Waals surface area contributed by atoms with E-state index >= 15 is 0 Å². The van der Waals surface area contributed by atoms with Gasteiger partial charge in [-0.05, 0) is 43.1 Å². The Balaban J connectivity index is 2.88. The van der Waals surface area contributed by atoms with E-state index in [1.807, 2.05) is 6.07 Å². The standard InChI is InChI=1S/C18H31NO2/c1-6-8-11-19(7-2)13-17(20)16-12-15(14(3)4)9-10-18(16)21-5/h9-10,12,14,17,20H,6-8,11,13H2,1-5H3. The number of rotatable bonds is 9. The number of nitrogens with zero attached hydrogens (tertiary/aromatic N) is 1. The second-order valence-corrected chi connectivity index (χ2v) is 5.92. The highest BCUT2D eigenvalue weighted by Gasteiger charge is 2.17. The first-order chi connectivity index (χ1) is 10.0. The number of ether oxygens (including phenoxy) is 1. The van der Waals surface area contributed by atoms with Crippen LogP contribution in [0, 0.1) is 0 Å². The molecule has 0 amide bonds. The number of methoxy groups -OCH3 is 1. The molecule has 0 aromatic heterocycles. The molecular weight excluding hydrogens is 262 g/mol. The lowest BCUT2D eigenvalue weighted by atomic mass is 9.97. The van der Waals surface area contributed by atoms with E-state index in [9.17, 15) is 5.11 Å². The maximum Gasteiger partial charge on any atom is 0.124 e. The van der Waals surface area contributed by atoms with Crippen LogP contribution in [0.4, 0.5) is 0 Å². The fraction of sp³-hybridized carbons (Fsp3) is 0.667. The normalized spacial score (nSPS) is 13.0. The van der Waals surface area contributed by atoms with E-state index in [0.29, 0.717) is 12.5 Å². The van der Waals surface area contributed by atoms with Gasteiger partial charge < -0.3 is 14.7 Å². The van der Waals surface area contributed by atoms with Crippen LogP contribution in [0.5, 0.6) is 5.75 Å². The van der Waals surface area contributed by atoms with E-state index < -0.39 is 6.10 Å².